The van der Waals surface area contributed by atoms with E-state index in [2.05, 4.69) is 231 Å². The number of nitrogens with zero attached hydrogens (tertiary/aromatic N) is 1. The maximum atomic E-state index is 2.42. The lowest BCUT2D eigenvalue weighted by Crippen LogP contribution is -2.01. The van der Waals surface area contributed by atoms with Crippen LogP contribution in [0.2, 0.25) is 0 Å². The Morgan fingerprint density at radius 3 is 1.00 bits per heavy atom. The van der Waals surface area contributed by atoms with Crippen molar-refractivity contribution in [3.8, 4) is 83.8 Å². The number of aryl methyl sites for hydroxylation is 2. The monoisotopic (exact) mass is 703 g/mol. The van der Waals surface area contributed by atoms with Gasteiger partial charge >= 0.3 is 0 Å². The van der Waals surface area contributed by atoms with Crippen molar-refractivity contribution in [3.05, 3.63) is 223 Å². The zero-order valence-corrected chi connectivity index (χ0v) is 31.2. The molecule has 9 rings (SSSR count). The van der Waals surface area contributed by atoms with Crippen molar-refractivity contribution in [2.45, 2.75) is 13.8 Å². The summed E-state index contributed by atoms with van der Waals surface area (Å²) in [6.07, 6.45) is 0. The standard InChI is InChI=1S/C54H41N/c1-38-23-27-42(28-24-38)50-35-36-51(43-29-25-39(2)26-30-43)55(50)47-33-31-46(32-34-47)53-49(41-17-9-4-10-18-41)37-48(40-15-7-3-8-16-40)52(44-19-11-5-12-20-44)54(53)45-21-13-6-14-22-45/h3-37H,1-2H3. The Hall–Kier alpha value is -6.96. The highest BCUT2D eigenvalue weighted by Crippen LogP contribution is 2.50. The third-order valence-electron chi connectivity index (χ3n) is 10.6. The summed E-state index contributed by atoms with van der Waals surface area (Å²) in [6.45, 7) is 4.28. The number of hydrogen-bond acceptors (Lipinski definition) is 0. The summed E-state index contributed by atoms with van der Waals surface area (Å²) in [5.74, 6) is 0. The van der Waals surface area contributed by atoms with Crippen molar-refractivity contribution < 1.29 is 0 Å². The van der Waals surface area contributed by atoms with E-state index in [1.807, 2.05) is 0 Å². The molecule has 0 fully saturated rings. The molecular weight excluding hydrogens is 663 g/mol. The molecule has 0 N–H and O–H groups in total. The first-order valence-electron chi connectivity index (χ1n) is 19.0. The molecule has 0 radical (unpaired) electrons. The summed E-state index contributed by atoms with van der Waals surface area (Å²) in [6, 6.07) is 77.3. The van der Waals surface area contributed by atoms with Crippen molar-refractivity contribution in [3.63, 3.8) is 0 Å². The molecule has 1 heterocycles. The van der Waals surface area contributed by atoms with Gasteiger partial charge < -0.3 is 4.57 Å². The summed E-state index contributed by atoms with van der Waals surface area (Å²) in [4.78, 5) is 0. The second-order valence-electron chi connectivity index (χ2n) is 14.3. The van der Waals surface area contributed by atoms with Crippen molar-refractivity contribution in [2.24, 2.45) is 0 Å². The zero-order chi connectivity index (χ0) is 37.1. The average Bonchev–Trinajstić information content (AvgIpc) is 3.70. The smallest absolute Gasteiger partial charge is 0.0535 e. The molecule has 0 aliphatic heterocycles. The second-order valence-corrected chi connectivity index (χ2v) is 14.3. The highest BCUT2D eigenvalue weighted by atomic mass is 15.0. The lowest BCUT2D eigenvalue weighted by Gasteiger charge is -2.24. The van der Waals surface area contributed by atoms with Gasteiger partial charge in [0, 0.05) is 5.69 Å². The van der Waals surface area contributed by atoms with Crippen LogP contribution < -0.4 is 0 Å². The summed E-state index contributed by atoms with van der Waals surface area (Å²) in [5, 5.41) is 0. The van der Waals surface area contributed by atoms with E-state index < -0.39 is 0 Å². The lowest BCUT2D eigenvalue weighted by atomic mass is 9.79. The van der Waals surface area contributed by atoms with Gasteiger partial charge in [-0.15, -0.1) is 0 Å². The molecule has 262 valence electrons. The molecule has 0 aliphatic carbocycles. The minimum atomic E-state index is 1.12. The van der Waals surface area contributed by atoms with Gasteiger partial charge in [0.2, 0.25) is 0 Å². The lowest BCUT2D eigenvalue weighted by molar-refractivity contribution is 1.09. The maximum Gasteiger partial charge on any atom is 0.0535 e. The van der Waals surface area contributed by atoms with Gasteiger partial charge in [0.15, 0.2) is 0 Å². The molecule has 0 amide bonds. The number of aromatic nitrogens is 1. The van der Waals surface area contributed by atoms with Crippen LogP contribution in [0, 0.1) is 13.8 Å². The Balaban J connectivity index is 1.32. The van der Waals surface area contributed by atoms with E-state index in [0.717, 1.165) is 17.1 Å². The molecule has 1 aromatic heterocycles. The van der Waals surface area contributed by atoms with Gasteiger partial charge in [-0.25, -0.2) is 0 Å². The molecule has 1 heteroatoms. The van der Waals surface area contributed by atoms with Gasteiger partial charge in [0.1, 0.15) is 0 Å². The fourth-order valence-electron chi connectivity index (χ4n) is 7.86. The van der Waals surface area contributed by atoms with E-state index in [1.165, 1.54) is 77.9 Å². The first-order chi connectivity index (χ1) is 27.1. The Morgan fingerprint density at radius 2 is 0.600 bits per heavy atom. The molecule has 0 spiro atoms. The SMILES string of the molecule is Cc1ccc(-c2ccc(-c3ccc(C)cc3)n2-c2ccc(-c3c(-c4ccccc4)cc(-c4ccccc4)c(-c4ccccc4)c3-c3ccccc3)cc2)cc1. The van der Waals surface area contributed by atoms with Crippen LogP contribution in [0.4, 0.5) is 0 Å². The molecule has 0 saturated carbocycles. The van der Waals surface area contributed by atoms with Crippen LogP contribution in [0.3, 0.4) is 0 Å². The highest BCUT2D eigenvalue weighted by molar-refractivity contribution is 6.07. The van der Waals surface area contributed by atoms with Crippen LogP contribution in [-0.4, -0.2) is 4.57 Å². The van der Waals surface area contributed by atoms with Crippen molar-refractivity contribution >= 4 is 0 Å². The normalized spacial score (nSPS) is 11.1. The predicted molar refractivity (Wildman–Crippen MR) is 233 cm³/mol. The quantitative estimate of drug-likeness (QED) is 0.148. The molecule has 0 atom stereocenters. The first kappa shape index (κ1) is 33.8. The van der Waals surface area contributed by atoms with Crippen LogP contribution in [0.25, 0.3) is 83.8 Å². The minimum absolute atomic E-state index is 1.12. The van der Waals surface area contributed by atoms with Crippen LogP contribution >= 0.6 is 0 Å². The molecule has 1 nitrogen and oxygen atoms in total. The summed E-state index contributed by atoms with van der Waals surface area (Å²) in [5.41, 5.74) is 20.3. The third-order valence-corrected chi connectivity index (χ3v) is 10.6. The zero-order valence-electron chi connectivity index (χ0n) is 31.2. The number of hydrogen-bond donors (Lipinski definition) is 0. The van der Waals surface area contributed by atoms with Crippen LogP contribution in [-0.2, 0) is 0 Å². The predicted octanol–water partition coefficient (Wildman–Crippen LogP) is 14.8. The van der Waals surface area contributed by atoms with Crippen molar-refractivity contribution in [1.82, 2.24) is 4.57 Å². The average molecular weight is 704 g/mol. The van der Waals surface area contributed by atoms with Crippen LogP contribution in [0.15, 0.2) is 212 Å². The topological polar surface area (TPSA) is 4.93 Å². The highest BCUT2D eigenvalue weighted by Gasteiger charge is 2.24. The Labute approximate surface area is 324 Å². The van der Waals surface area contributed by atoms with E-state index >= 15 is 0 Å². The van der Waals surface area contributed by atoms with E-state index in [4.69, 9.17) is 0 Å². The van der Waals surface area contributed by atoms with Gasteiger partial charge in [-0.3, -0.25) is 0 Å². The number of benzene rings is 8. The third kappa shape index (κ3) is 6.62. The first-order valence-corrected chi connectivity index (χ1v) is 19.0. The summed E-state index contributed by atoms with van der Waals surface area (Å²) >= 11 is 0. The largest absolute Gasteiger partial charge is 0.309 e. The summed E-state index contributed by atoms with van der Waals surface area (Å²) in [7, 11) is 0. The fourth-order valence-corrected chi connectivity index (χ4v) is 7.86. The maximum absolute atomic E-state index is 2.42. The molecule has 55 heavy (non-hydrogen) atoms. The van der Waals surface area contributed by atoms with E-state index in [9.17, 15) is 0 Å². The van der Waals surface area contributed by atoms with E-state index in [-0.39, 0.29) is 0 Å². The van der Waals surface area contributed by atoms with Gasteiger partial charge in [-0.05, 0) is 111 Å². The van der Waals surface area contributed by atoms with Crippen LogP contribution in [0.1, 0.15) is 11.1 Å². The Kier molecular flexibility index (Phi) is 9.12. The van der Waals surface area contributed by atoms with E-state index in [0.29, 0.717) is 0 Å². The minimum Gasteiger partial charge on any atom is -0.309 e. The Bertz CT molecular complexity index is 2630. The van der Waals surface area contributed by atoms with Crippen molar-refractivity contribution in [2.75, 3.05) is 0 Å². The number of rotatable bonds is 8. The molecule has 0 unspecified atom stereocenters. The molecular formula is C54H41N. The molecule has 0 bridgehead atoms. The van der Waals surface area contributed by atoms with Crippen molar-refractivity contribution in [1.29, 1.82) is 0 Å². The van der Waals surface area contributed by atoms with Crippen LogP contribution in [0.5, 0.6) is 0 Å². The van der Waals surface area contributed by atoms with Gasteiger partial charge in [0.25, 0.3) is 0 Å². The van der Waals surface area contributed by atoms with Gasteiger partial charge in [0.05, 0.1) is 11.4 Å². The van der Waals surface area contributed by atoms with E-state index in [1.54, 1.807) is 0 Å². The fraction of sp³-hybridized carbons (Fsp3) is 0.0370. The molecule has 0 aliphatic rings. The molecule has 0 saturated heterocycles. The molecule has 8 aromatic carbocycles. The molecule has 9 aromatic rings. The Morgan fingerprint density at radius 1 is 0.273 bits per heavy atom. The van der Waals surface area contributed by atoms with Gasteiger partial charge in [-0.2, -0.15) is 0 Å². The van der Waals surface area contributed by atoms with Gasteiger partial charge in [-0.1, -0.05) is 193 Å². The second kappa shape index (κ2) is 14.8. The summed E-state index contributed by atoms with van der Waals surface area (Å²) < 4.78 is 2.41.